The summed E-state index contributed by atoms with van der Waals surface area (Å²) in [5.41, 5.74) is -0.537. The molecule has 0 rings (SSSR count). The van der Waals surface area contributed by atoms with Gasteiger partial charge in [-0.25, -0.2) is 4.79 Å². The third kappa shape index (κ3) is 13.7. The Balaban J connectivity index is 4.03. The van der Waals surface area contributed by atoms with Crippen LogP contribution in [-0.2, 0) is 14.3 Å². The summed E-state index contributed by atoms with van der Waals surface area (Å²) < 4.78 is 10.7. The number of amides is 1. The van der Waals surface area contributed by atoms with Crippen molar-refractivity contribution in [1.29, 1.82) is 0 Å². The van der Waals surface area contributed by atoms with Gasteiger partial charge in [-0.05, 0) is 45.4 Å². The predicted octanol–water partition coefficient (Wildman–Crippen LogP) is 3.05. The second-order valence-electron chi connectivity index (χ2n) is 6.94. The first-order valence-electron chi connectivity index (χ1n) is 7.86. The SMILES string of the molecule is CC(C)CCOC[C@@H](CCNC(=O)OC(C)(C)C)CC(=O)O. The minimum absolute atomic E-state index is 0.0394. The number of hydrogen-bond donors (Lipinski definition) is 2. The lowest BCUT2D eigenvalue weighted by atomic mass is 10.0. The van der Waals surface area contributed by atoms with Crippen LogP contribution < -0.4 is 5.32 Å². The number of carbonyl (C=O) groups excluding carboxylic acids is 1. The fourth-order valence-electron chi connectivity index (χ4n) is 1.75. The van der Waals surface area contributed by atoms with E-state index in [0.717, 1.165) is 6.42 Å². The maximum absolute atomic E-state index is 11.5. The van der Waals surface area contributed by atoms with Gasteiger partial charge in [0, 0.05) is 13.2 Å². The van der Waals surface area contributed by atoms with Crippen molar-refractivity contribution in [3.05, 3.63) is 0 Å². The standard InChI is InChI=1S/C16H31NO5/c1-12(2)7-9-21-11-13(10-14(18)19)6-8-17-15(20)22-16(3,4)5/h12-13H,6-11H2,1-5H3,(H,17,20)(H,18,19)/t13-/m0/s1. The Hall–Kier alpha value is -1.30. The predicted molar refractivity (Wildman–Crippen MR) is 84.9 cm³/mol. The minimum Gasteiger partial charge on any atom is -0.481 e. The number of alkyl carbamates (subject to hydrolysis) is 1. The third-order valence-corrected chi connectivity index (χ3v) is 2.88. The summed E-state index contributed by atoms with van der Waals surface area (Å²) in [4.78, 5) is 22.4. The Bertz CT molecular complexity index is 336. The van der Waals surface area contributed by atoms with Crippen LogP contribution in [0.15, 0.2) is 0 Å². The van der Waals surface area contributed by atoms with Gasteiger partial charge in [-0.15, -0.1) is 0 Å². The summed E-state index contributed by atoms with van der Waals surface area (Å²) in [6, 6.07) is 0. The third-order valence-electron chi connectivity index (χ3n) is 2.88. The monoisotopic (exact) mass is 317 g/mol. The van der Waals surface area contributed by atoms with E-state index in [1.165, 1.54) is 0 Å². The highest BCUT2D eigenvalue weighted by Crippen LogP contribution is 2.11. The molecule has 0 aliphatic rings. The van der Waals surface area contributed by atoms with Crippen LogP contribution in [0.1, 0.15) is 53.9 Å². The smallest absolute Gasteiger partial charge is 0.407 e. The number of nitrogens with one attached hydrogen (secondary N) is 1. The van der Waals surface area contributed by atoms with Gasteiger partial charge in [0.1, 0.15) is 5.60 Å². The minimum atomic E-state index is -0.852. The fourth-order valence-corrected chi connectivity index (χ4v) is 1.75. The number of aliphatic carboxylic acids is 1. The van der Waals surface area contributed by atoms with Gasteiger partial charge in [-0.2, -0.15) is 0 Å². The molecular formula is C16H31NO5. The topological polar surface area (TPSA) is 84.9 Å². The van der Waals surface area contributed by atoms with Crippen LogP contribution in [0.25, 0.3) is 0 Å². The number of rotatable bonds is 10. The van der Waals surface area contributed by atoms with Crippen molar-refractivity contribution in [2.75, 3.05) is 19.8 Å². The Labute approximate surface area is 133 Å². The Morgan fingerprint density at radius 3 is 2.32 bits per heavy atom. The Morgan fingerprint density at radius 1 is 1.18 bits per heavy atom. The average molecular weight is 317 g/mol. The second-order valence-corrected chi connectivity index (χ2v) is 6.94. The number of carboxylic acid groups (broad SMARTS) is 1. The molecule has 0 aliphatic heterocycles. The average Bonchev–Trinajstić information content (AvgIpc) is 2.30. The second kappa shape index (κ2) is 10.4. The lowest BCUT2D eigenvalue weighted by Gasteiger charge is -2.20. The number of ether oxygens (including phenoxy) is 2. The zero-order valence-electron chi connectivity index (χ0n) is 14.5. The van der Waals surface area contributed by atoms with E-state index < -0.39 is 17.7 Å². The Kier molecular flexibility index (Phi) is 9.81. The molecule has 0 bridgehead atoms. The molecule has 0 saturated carbocycles. The largest absolute Gasteiger partial charge is 0.481 e. The first kappa shape index (κ1) is 20.7. The summed E-state index contributed by atoms with van der Waals surface area (Å²) in [5, 5.41) is 11.6. The molecule has 1 atom stereocenters. The molecule has 0 aromatic carbocycles. The molecule has 0 aromatic heterocycles. The van der Waals surface area contributed by atoms with Gasteiger partial charge in [-0.1, -0.05) is 13.8 Å². The van der Waals surface area contributed by atoms with Gasteiger partial charge in [0.15, 0.2) is 0 Å². The van der Waals surface area contributed by atoms with Crippen molar-refractivity contribution in [2.24, 2.45) is 11.8 Å². The van der Waals surface area contributed by atoms with Crippen LogP contribution in [0, 0.1) is 11.8 Å². The maximum atomic E-state index is 11.5. The molecule has 0 radical (unpaired) electrons. The molecule has 6 nitrogen and oxygen atoms in total. The maximum Gasteiger partial charge on any atom is 0.407 e. The molecule has 0 aromatic rings. The molecule has 0 heterocycles. The molecule has 0 fully saturated rings. The molecule has 22 heavy (non-hydrogen) atoms. The molecule has 130 valence electrons. The molecule has 0 saturated heterocycles. The number of hydrogen-bond acceptors (Lipinski definition) is 4. The molecule has 1 amide bonds. The summed E-state index contributed by atoms with van der Waals surface area (Å²) in [6.45, 7) is 11.0. The lowest BCUT2D eigenvalue weighted by molar-refractivity contribution is -0.138. The molecule has 0 aliphatic carbocycles. The first-order chi connectivity index (χ1) is 10.1. The van der Waals surface area contributed by atoms with Crippen LogP contribution in [0.4, 0.5) is 4.79 Å². The van der Waals surface area contributed by atoms with Crippen LogP contribution in [0.2, 0.25) is 0 Å². The first-order valence-corrected chi connectivity index (χ1v) is 7.86. The van der Waals surface area contributed by atoms with E-state index in [1.807, 2.05) is 0 Å². The summed E-state index contributed by atoms with van der Waals surface area (Å²) in [5.74, 6) is -0.402. The van der Waals surface area contributed by atoms with E-state index >= 15 is 0 Å². The van der Waals surface area contributed by atoms with E-state index in [1.54, 1.807) is 20.8 Å². The van der Waals surface area contributed by atoms with Crippen LogP contribution in [0.5, 0.6) is 0 Å². The Morgan fingerprint density at radius 2 is 1.82 bits per heavy atom. The van der Waals surface area contributed by atoms with Gasteiger partial charge in [-0.3, -0.25) is 4.79 Å². The zero-order valence-corrected chi connectivity index (χ0v) is 14.5. The van der Waals surface area contributed by atoms with Crippen molar-refractivity contribution in [3.63, 3.8) is 0 Å². The van der Waals surface area contributed by atoms with Crippen molar-refractivity contribution in [3.8, 4) is 0 Å². The van der Waals surface area contributed by atoms with E-state index in [9.17, 15) is 9.59 Å². The normalized spacial score (nSPS) is 13.0. The lowest BCUT2D eigenvalue weighted by Crippen LogP contribution is -2.34. The number of carboxylic acids is 1. The van der Waals surface area contributed by atoms with Crippen molar-refractivity contribution >= 4 is 12.1 Å². The van der Waals surface area contributed by atoms with E-state index in [2.05, 4.69) is 19.2 Å². The van der Waals surface area contributed by atoms with Crippen LogP contribution >= 0.6 is 0 Å². The highest BCUT2D eigenvalue weighted by molar-refractivity contribution is 5.68. The molecule has 2 N–H and O–H groups in total. The molecule has 0 unspecified atom stereocenters. The molecule has 0 spiro atoms. The fraction of sp³-hybridized carbons (Fsp3) is 0.875. The number of carbonyl (C=O) groups is 2. The van der Waals surface area contributed by atoms with Gasteiger partial charge in [0.2, 0.25) is 0 Å². The van der Waals surface area contributed by atoms with Crippen molar-refractivity contribution in [1.82, 2.24) is 5.32 Å². The van der Waals surface area contributed by atoms with Crippen molar-refractivity contribution < 1.29 is 24.2 Å². The molecule has 6 heteroatoms. The van der Waals surface area contributed by atoms with E-state index in [0.29, 0.717) is 32.1 Å². The van der Waals surface area contributed by atoms with E-state index in [4.69, 9.17) is 14.6 Å². The summed E-state index contributed by atoms with van der Waals surface area (Å²) >= 11 is 0. The zero-order chi connectivity index (χ0) is 17.2. The van der Waals surface area contributed by atoms with Crippen molar-refractivity contribution in [2.45, 2.75) is 59.5 Å². The molecular weight excluding hydrogens is 286 g/mol. The van der Waals surface area contributed by atoms with Gasteiger partial charge in [0.05, 0.1) is 13.0 Å². The quantitative estimate of drug-likeness (QED) is 0.605. The van der Waals surface area contributed by atoms with Gasteiger partial charge < -0.3 is 19.9 Å². The highest BCUT2D eigenvalue weighted by atomic mass is 16.6. The van der Waals surface area contributed by atoms with Crippen LogP contribution in [0.3, 0.4) is 0 Å². The highest BCUT2D eigenvalue weighted by Gasteiger charge is 2.17. The van der Waals surface area contributed by atoms with E-state index in [-0.39, 0.29) is 12.3 Å². The summed E-state index contributed by atoms with van der Waals surface area (Å²) in [6.07, 6.45) is 1.06. The van der Waals surface area contributed by atoms with Crippen LogP contribution in [-0.4, -0.2) is 42.5 Å². The van der Waals surface area contributed by atoms with Gasteiger partial charge in [0.25, 0.3) is 0 Å². The summed E-state index contributed by atoms with van der Waals surface area (Å²) in [7, 11) is 0. The van der Waals surface area contributed by atoms with Gasteiger partial charge >= 0.3 is 12.1 Å².